The van der Waals surface area contributed by atoms with Gasteiger partial charge in [-0.05, 0) is 30.3 Å². The predicted molar refractivity (Wildman–Crippen MR) is 71.4 cm³/mol. The lowest BCUT2D eigenvalue weighted by Gasteiger charge is -2.06. The van der Waals surface area contributed by atoms with Gasteiger partial charge in [-0.25, -0.2) is 0 Å². The molecule has 0 bridgehead atoms. The fraction of sp³-hybridized carbons (Fsp3) is 0. The first-order chi connectivity index (χ1) is 7.66. The lowest BCUT2D eigenvalue weighted by Crippen LogP contribution is -1.89. The van der Waals surface area contributed by atoms with Crippen molar-refractivity contribution in [3.63, 3.8) is 0 Å². The highest BCUT2D eigenvalue weighted by molar-refractivity contribution is 7.99. The van der Waals surface area contributed by atoms with Crippen molar-refractivity contribution in [2.45, 2.75) is 9.79 Å². The summed E-state index contributed by atoms with van der Waals surface area (Å²) in [5.74, 6) is 0. The number of nitrogen functional groups attached to an aromatic ring is 1. The molecule has 0 aliphatic rings. The molecule has 0 saturated heterocycles. The molecule has 0 aliphatic heterocycles. The maximum absolute atomic E-state index is 5.95. The maximum Gasteiger partial charge on any atom is 0.0647 e. The van der Waals surface area contributed by atoms with Crippen molar-refractivity contribution in [3.05, 3.63) is 52.5 Å². The Labute approximate surface area is 109 Å². The van der Waals surface area contributed by atoms with Gasteiger partial charge >= 0.3 is 0 Å². The highest BCUT2D eigenvalue weighted by Crippen LogP contribution is 2.36. The maximum atomic E-state index is 5.95. The Kier molecular flexibility index (Phi) is 3.64. The Bertz CT molecular complexity index is 514. The molecule has 1 nitrogen and oxygen atoms in total. The van der Waals surface area contributed by atoms with E-state index in [-0.39, 0.29) is 0 Å². The zero-order chi connectivity index (χ0) is 11.5. The Morgan fingerprint density at radius 3 is 2.50 bits per heavy atom. The average molecular weight is 270 g/mol. The number of para-hydroxylation sites is 1. The van der Waals surface area contributed by atoms with E-state index in [4.69, 9.17) is 28.9 Å². The summed E-state index contributed by atoms with van der Waals surface area (Å²) >= 11 is 13.4. The Morgan fingerprint density at radius 2 is 1.75 bits per heavy atom. The number of hydrogen-bond acceptors (Lipinski definition) is 2. The molecule has 2 aromatic carbocycles. The minimum Gasteiger partial charge on any atom is -0.397 e. The van der Waals surface area contributed by atoms with Crippen molar-refractivity contribution in [1.29, 1.82) is 0 Å². The Balaban J connectivity index is 2.31. The third-order valence-electron chi connectivity index (χ3n) is 2.04. The molecule has 0 saturated carbocycles. The van der Waals surface area contributed by atoms with E-state index in [1.54, 1.807) is 17.8 Å². The van der Waals surface area contributed by atoms with Gasteiger partial charge in [-0.2, -0.15) is 0 Å². The second-order valence-electron chi connectivity index (χ2n) is 3.21. The fourth-order valence-electron chi connectivity index (χ4n) is 1.26. The lowest BCUT2D eigenvalue weighted by atomic mass is 10.3. The topological polar surface area (TPSA) is 26.0 Å². The molecule has 16 heavy (non-hydrogen) atoms. The van der Waals surface area contributed by atoms with E-state index in [1.807, 2.05) is 36.4 Å². The summed E-state index contributed by atoms with van der Waals surface area (Å²) in [6.07, 6.45) is 0. The lowest BCUT2D eigenvalue weighted by molar-refractivity contribution is 1.41. The summed E-state index contributed by atoms with van der Waals surface area (Å²) in [6.45, 7) is 0. The summed E-state index contributed by atoms with van der Waals surface area (Å²) in [5, 5.41) is 1.29. The third-order valence-corrected chi connectivity index (χ3v) is 3.67. The smallest absolute Gasteiger partial charge is 0.0647 e. The van der Waals surface area contributed by atoms with Crippen LogP contribution >= 0.6 is 35.0 Å². The minimum atomic E-state index is 0.576. The first kappa shape index (κ1) is 11.6. The van der Waals surface area contributed by atoms with E-state index in [1.165, 1.54) is 0 Å². The largest absolute Gasteiger partial charge is 0.397 e. The highest BCUT2D eigenvalue weighted by Gasteiger charge is 2.04. The molecule has 0 aliphatic carbocycles. The molecular formula is C12H9Cl2NS. The summed E-state index contributed by atoms with van der Waals surface area (Å²) in [5.41, 5.74) is 6.49. The van der Waals surface area contributed by atoms with Crippen LogP contribution in [0.2, 0.25) is 10.0 Å². The Morgan fingerprint density at radius 1 is 1.00 bits per heavy atom. The second kappa shape index (κ2) is 5.00. The van der Waals surface area contributed by atoms with Crippen molar-refractivity contribution >= 4 is 40.7 Å². The monoisotopic (exact) mass is 269 g/mol. The van der Waals surface area contributed by atoms with Crippen LogP contribution in [0, 0.1) is 0 Å². The van der Waals surface area contributed by atoms with Crippen molar-refractivity contribution in [2.75, 3.05) is 5.73 Å². The van der Waals surface area contributed by atoms with Gasteiger partial charge in [-0.1, -0.05) is 47.1 Å². The van der Waals surface area contributed by atoms with E-state index in [0.29, 0.717) is 15.7 Å². The number of anilines is 1. The molecule has 0 aromatic heterocycles. The van der Waals surface area contributed by atoms with Gasteiger partial charge in [0.15, 0.2) is 0 Å². The molecule has 2 N–H and O–H groups in total. The van der Waals surface area contributed by atoms with Crippen LogP contribution in [0.15, 0.2) is 52.3 Å². The molecule has 0 atom stereocenters. The van der Waals surface area contributed by atoms with Gasteiger partial charge in [0.2, 0.25) is 0 Å². The first-order valence-electron chi connectivity index (χ1n) is 4.64. The molecule has 2 rings (SSSR count). The van der Waals surface area contributed by atoms with Crippen LogP contribution in [0.4, 0.5) is 5.69 Å². The van der Waals surface area contributed by atoms with Crippen molar-refractivity contribution < 1.29 is 0 Å². The van der Waals surface area contributed by atoms with Gasteiger partial charge in [0.1, 0.15) is 0 Å². The number of benzene rings is 2. The van der Waals surface area contributed by atoms with E-state index in [0.717, 1.165) is 9.79 Å². The zero-order valence-corrected chi connectivity index (χ0v) is 10.6. The van der Waals surface area contributed by atoms with E-state index in [9.17, 15) is 0 Å². The summed E-state index contributed by atoms with van der Waals surface area (Å²) < 4.78 is 0. The van der Waals surface area contributed by atoms with Crippen LogP contribution in [-0.2, 0) is 0 Å². The van der Waals surface area contributed by atoms with E-state index >= 15 is 0 Å². The number of nitrogens with two attached hydrogens (primary N) is 1. The zero-order valence-electron chi connectivity index (χ0n) is 8.28. The van der Waals surface area contributed by atoms with Gasteiger partial charge in [0.05, 0.1) is 10.7 Å². The highest BCUT2D eigenvalue weighted by atomic mass is 35.5. The molecule has 0 radical (unpaired) electrons. The van der Waals surface area contributed by atoms with Crippen LogP contribution in [0.5, 0.6) is 0 Å². The summed E-state index contributed by atoms with van der Waals surface area (Å²) in [6, 6.07) is 13.2. The van der Waals surface area contributed by atoms with Crippen LogP contribution in [0.3, 0.4) is 0 Å². The van der Waals surface area contributed by atoms with Crippen LogP contribution < -0.4 is 5.73 Å². The summed E-state index contributed by atoms with van der Waals surface area (Å²) in [7, 11) is 0. The Hall–Kier alpha value is -0.830. The molecule has 82 valence electrons. The van der Waals surface area contributed by atoms with Crippen molar-refractivity contribution in [1.82, 2.24) is 0 Å². The minimum absolute atomic E-state index is 0.576. The standard InChI is InChI=1S/C12H9Cl2NS/c13-8-3-1-4-9(7-8)16-11-6-2-5-10(14)12(11)15/h1-7H,15H2. The van der Waals surface area contributed by atoms with Crippen molar-refractivity contribution in [2.24, 2.45) is 0 Å². The molecule has 0 fully saturated rings. The quantitative estimate of drug-likeness (QED) is 0.798. The molecule has 4 heteroatoms. The van der Waals surface area contributed by atoms with Crippen LogP contribution in [0.1, 0.15) is 0 Å². The number of hydrogen-bond donors (Lipinski definition) is 1. The van der Waals surface area contributed by atoms with Crippen LogP contribution in [0.25, 0.3) is 0 Å². The molecular weight excluding hydrogens is 261 g/mol. The average Bonchev–Trinajstić information content (AvgIpc) is 2.25. The van der Waals surface area contributed by atoms with Gasteiger partial charge in [-0.15, -0.1) is 0 Å². The van der Waals surface area contributed by atoms with Gasteiger partial charge in [0.25, 0.3) is 0 Å². The van der Waals surface area contributed by atoms with Crippen LogP contribution in [-0.4, -0.2) is 0 Å². The number of halogens is 2. The van der Waals surface area contributed by atoms with E-state index in [2.05, 4.69) is 0 Å². The van der Waals surface area contributed by atoms with Crippen molar-refractivity contribution in [3.8, 4) is 0 Å². The molecule has 0 spiro atoms. The normalized spacial score (nSPS) is 10.4. The predicted octanol–water partition coefficient (Wildman–Crippen LogP) is 4.73. The third kappa shape index (κ3) is 2.64. The molecule has 0 amide bonds. The molecule has 0 unspecified atom stereocenters. The van der Waals surface area contributed by atoms with Gasteiger partial charge in [0, 0.05) is 14.8 Å². The number of rotatable bonds is 2. The second-order valence-corrected chi connectivity index (χ2v) is 5.17. The summed E-state index contributed by atoms with van der Waals surface area (Å²) in [4.78, 5) is 1.98. The van der Waals surface area contributed by atoms with Gasteiger partial charge < -0.3 is 5.73 Å². The molecule has 0 heterocycles. The molecule has 2 aromatic rings. The fourth-order valence-corrected chi connectivity index (χ4v) is 2.70. The van der Waals surface area contributed by atoms with E-state index < -0.39 is 0 Å². The van der Waals surface area contributed by atoms with Gasteiger partial charge in [-0.3, -0.25) is 0 Å². The SMILES string of the molecule is Nc1c(Cl)cccc1Sc1cccc(Cl)c1. The first-order valence-corrected chi connectivity index (χ1v) is 6.21.